The molecule has 0 saturated heterocycles. The van der Waals surface area contributed by atoms with Crippen molar-refractivity contribution < 1.29 is 35.5 Å². The average Bonchev–Trinajstić information content (AvgIpc) is 3.30. The molecule has 0 fully saturated rings. The Morgan fingerprint density at radius 3 is 2.42 bits per heavy atom. The quantitative estimate of drug-likeness (QED) is 0.288. The van der Waals surface area contributed by atoms with Crippen molar-refractivity contribution in [3.63, 3.8) is 0 Å². The molecule has 0 atom stereocenters. The monoisotopic (exact) mass is 577 g/mol. The first-order valence-electron chi connectivity index (χ1n) is 11.8. The normalized spacial score (nSPS) is 11.6. The summed E-state index contributed by atoms with van der Waals surface area (Å²) in [5.74, 6) is -5.09. The van der Waals surface area contributed by atoms with E-state index in [0.29, 0.717) is 36.4 Å². The molecule has 14 heteroatoms. The van der Waals surface area contributed by atoms with Gasteiger partial charge in [0.15, 0.2) is 5.82 Å². The van der Waals surface area contributed by atoms with Crippen molar-refractivity contribution in [2.75, 3.05) is 10.0 Å². The van der Waals surface area contributed by atoms with Crippen LogP contribution in [0.2, 0.25) is 0 Å². The summed E-state index contributed by atoms with van der Waals surface area (Å²) in [4.78, 5) is 15.7. The summed E-state index contributed by atoms with van der Waals surface area (Å²) in [5.41, 5.74) is 4.37. The number of carbonyl (C=O) groups excluding carboxylic acids is 1. The number of aromatic nitrogens is 3. The largest absolute Gasteiger partial charge is 0.446 e. The molecule has 40 heavy (non-hydrogen) atoms. The predicted molar refractivity (Wildman–Crippen MR) is 139 cm³/mol. The third kappa shape index (κ3) is 5.34. The number of benzene rings is 2. The Labute approximate surface area is 226 Å². The van der Waals surface area contributed by atoms with Gasteiger partial charge in [0.2, 0.25) is 0 Å². The second-order valence-corrected chi connectivity index (χ2v) is 10.5. The Kier molecular flexibility index (Phi) is 7.82. The van der Waals surface area contributed by atoms with Crippen LogP contribution in [0.15, 0.2) is 59.8 Å². The van der Waals surface area contributed by atoms with Gasteiger partial charge in [0.05, 0.1) is 11.7 Å². The lowest BCUT2D eigenvalue weighted by atomic mass is 10.0. The van der Waals surface area contributed by atoms with E-state index in [9.17, 15) is 22.0 Å². The Balaban J connectivity index is 2.00. The molecule has 0 radical (unpaired) electrons. The lowest BCUT2D eigenvalue weighted by Gasteiger charge is -2.24. The standard InChI is InChI=1S/C26H23F4N5O4S/c1-4-34-13-17(15-9-10-32-22(31)11-15)25(33-34)23-19(29)7-8-20(24(23)30)35(26(36)39-14(2)3)40(37,38)21-12-16(27)5-6-18(21)28/h5-14H,4H2,1-3H3,(H2,31,32). The molecule has 1 amide bonds. The molecular weight excluding hydrogens is 554 g/mol. The van der Waals surface area contributed by atoms with Crippen LogP contribution in [-0.2, 0) is 21.3 Å². The smallest absolute Gasteiger partial charge is 0.429 e. The van der Waals surface area contributed by atoms with Crippen LogP contribution in [0.1, 0.15) is 20.8 Å². The highest BCUT2D eigenvalue weighted by Gasteiger charge is 2.38. The third-order valence-corrected chi connectivity index (χ3v) is 7.31. The van der Waals surface area contributed by atoms with Crippen molar-refractivity contribution in [2.45, 2.75) is 38.3 Å². The van der Waals surface area contributed by atoms with Crippen LogP contribution in [0.3, 0.4) is 0 Å². The van der Waals surface area contributed by atoms with Gasteiger partial charge in [0, 0.05) is 24.5 Å². The maximum Gasteiger partial charge on any atom is 0.429 e. The van der Waals surface area contributed by atoms with Gasteiger partial charge in [0.25, 0.3) is 10.0 Å². The lowest BCUT2D eigenvalue weighted by molar-refractivity contribution is 0.126. The molecule has 2 N–H and O–H groups in total. The first-order chi connectivity index (χ1) is 18.8. The summed E-state index contributed by atoms with van der Waals surface area (Å²) in [5, 5.41) is 4.25. The van der Waals surface area contributed by atoms with E-state index in [-0.39, 0.29) is 21.4 Å². The van der Waals surface area contributed by atoms with Gasteiger partial charge in [-0.25, -0.2) is 35.8 Å². The number of nitrogen functional groups attached to an aromatic ring is 1. The Hall–Kier alpha value is -4.46. The molecule has 0 aliphatic heterocycles. The van der Waals surface area contributed by atoms with E-state index in [2.05, 4.69) is 10.1 Å². The Morgan fingerprint density at radius 1 is 1.07 bits per heavy atom. The summed E-state index contributed by atoms with van der Waals surface area (Å²) >= 11 is 0. The van der Waals surface area contributed by atoms with Crippen molar-refractivity contribution >= 4 is 27.6 Å². The van der Waals surface area contributed by atoms with Crippen molar-refractivity contribution in [3.05, 3.63) is 78.1 Å². The fourth-order valence-electron chi connectivity index (χ4n) is 3.86. The van der Waals surface area contributed by atoms with Crippen molar-refractivity contribution in [3.8, 4) is 22.4 Å². The second kappa shape index (κ2) is 11.0. The van der Waals surface area contributed by atoms with E-state index in [1.807, 2.05) is 0 Å². The van der Waals surface area contributed by atoms with Gasteiger partial charge in [-0.1, -0.05) is 0 Å². The zero-order valence-electron chi connectivity index (χ0n) is 21.4. The van der Waals surface area contributed by atoms with Crippen molar-refractivity contribution in [1.82, 2.24) is 14.8 Å². The summed E-state index contributed by atoms with van der Waals surface area (Å²) in [6, 6.07) is 5.90. The van der Waals surface area contributed by atoms with Crippen LogP contribution in [0.4, 0.5) is 33.9 Å². The number of nitrogens with zero attached hydrogens (tertiary/aromatic N) is 4. The van der Waals surface area contributed by atoms with E-state index in [4.69, 9.17) is 10.5 Å². The van der Waals surface area contributed by atoms with E-state index in [0.717, 1.165) is 6.07 Å². The minimum atomic E-state index is -5.32. The van der Waals surface area contributed by atoms with Crippen molar-refractivity contribution in [2.24, 2.45) is 0 Å². The summed E-state index contributed by atoms with van der Waals surface area (Å²) in [6.07, 6.45) is 0.357. The molecule has 4 rings (SSSR count). The molecule has 210 valence electrons. The number of ether oxygens (including phenoxy) is 1. The molecule has 0 unspecified atom stereocenters. The van der Waals surface area contributed by atoms with E-state index in [1.54, 1.807) is 6.92 Å². The number of amides is 1. The highest BCUT2D eigenvalue weighted by molar-refractivity contribution is 7.93. The van der Waals surface area contributed by atoms with Crippen LogP contribution in [0.25, 0.3) is 22.4 Å². The topological polar surface area (TPSA) is 120 Å². The van der Waals surface area contributed by atoms with Gasteiger partial charge in [-0.15, -0.1) is 0 Å². The molecule has 2 aromatic carbocycles. The first-order valence-corrected chi connectivity index (χ1v) is 13.3. The predicted octanol–water partition coefficient (Wildman–Crippen LogP) is 5.51. The number of sulfonamides is 1. The highest BCUT2D eigenvalue weighted by atomic mass is 32.2. The van der Waals surface area contributed by atoms with Crippen LogP contribution in [-0.4, -0.2) is 35.4 Å². The fraction of sp³-hybridized carbons (Fsp3) is 0.192. The number of hydrogen-bond acceptors (Lipinski definition) is 7. The highest BCUT2D eigenvalue weighted by Crippen LogP contribution is 2.39. The van der Waals surface area contributed by atoms with Crippen LogP contribution < -0.4 is 10.0 Å². The first kappa shape index (κ1) is 28.5. The Morgan fingerprint density at radius 2 is 1.77 bits per heavy atom. The van der Waals surface area contributed by atoms with Gasteiger partial charge in [0.1, 0.15) is 39.5 Å². The van der Waals surface area contributed by atoms with Crippen LogP contribution in [0, 0.1) is 23.3 Å². The van der Waals surface area contributed by atoms with Crippen molar-refractivity contribution in [1.29, 1.82) is 0 Å². The zero-order chi connectivity index (χ0) is 29.4. The molecule has 0 aliphatic carbocycles. The van der Waals surface area contributed by atoms with Crippen LogP contribution in [0.5, 0.6) is 0 Å². The molecule has 2 aromatic heterocycles. The number of halogens is 4. The number of nitrogens with two attached hydrogens (primary N) is 1. The second-order valence-electron chi connectivity index (χ2n) is 8.75. The molecule has 4 aromatic rings. The van der Waals surface area contributed by atoms with Gasteiger partial charge in [-0.05, 0) is 68.8 Å². The van der Waals surface area contributed by atoms with Gasteiger partial charge in [-0.3, -0.25) is 4.68 Å². The van der Waals surface area contributed by atoms with Crippen LogP contribution >= 0.6 is 0 Å². The maximum atomic E-state index is 16.3. The molecule has 0 saturated carbocycles. The molecular formula is C26H23F4N5O4S. The lowest BCUT2D eigenvalue weighted by Crippen LogP contribution is -2.39. The minimum absolute atomic E-state index is 0.119. The minimum Gasteiger partial charge on any atom is -0.446 e. The number of anilines is 2. The average molecular weight is 578 g/mol. The molecule has 9 nitrogen and oxygen atoms in total. The number of carbonyl (C=O) groups is 1. The number of aryl methyl sites for hydroxylation is 1. The molecule has 2 heterocycles. The summed E-state index contributed by atoms with van der Waals surface area (Å²) in [7, 11) is -5.32. The Bertz CT molecular complexity index is 1710. The number of hydrogen-bond donors (Lipinski definition) is 1. The molecule has 0 bridgehead atoms. The maximum absolute atomic E-state index is 16.3. The zero-order valence-corrected chi connectivity index (χ0v) is 22.2. The summed E-state index contributed by atoms with van der Waals surface area (Å²) in [6.45, 7) is 4.81. The SMILES string of the molecule is CCn1cc(-c2ccnc(N)c2)c(-c2c(F)ccc(N(C(=O)OC(C)C)S(=O)(=O)c3cc(F)ccc3F)c2F)n1. The van der Waals surface area contributed by atoms with Gasteiger partial charge < -0.3 is 10.5 Å². The number of rotatable bonds is 7. The van der Waals surface area contributed by atoms with Gasteiger partial charge >= 0.3 is 6.09 Å². The van der Waals surface area contributed by atoms with E-state index in [1.165, 1.54) is 43.1 Å². The number of pyridine rings is 1. The van der Waals surface area contributed by atoms with Gasteiger partial charge in [-0.2, -0.15) is 9.40 Å². The summed E-state index contributed by atoms with van der Waals surface area (Å²) < 4.78 is 93.3. The fourth-order valence-corrected chi connectivity index (χ4v) is 5.27. The third-order valence-electron chi connectivity index (χ3n) is 5.62. The van der Waals surface area contributed by atoms with E-state index >= 15 is 8.78 Å². The molecule has 0 spiro atoms. The molecule has 0 aliphatic rings. The van der Waals surface area contributed by atoms with E-state index < -0.39 is 61.6 Å².